The smallest absolute Gasteiger partial charge is 0.258 e. The molecular formula is C13H8Br2FNO. The fourth-order valence-corrected chi connectivity index (χ4v) is 2.17. The van der Waals surface area contributed by atoms with E-state index in [4.69, 9.17) is 0 Å². The minimum Gasteiger partial charge on any atom is -0.321 e. The van der Waals surface area contributed by atoms with Crippen molar-refractivity contribution in [2.24, 2.45) is 0 Å². The van der Waals surface area contributed by atoms with Crippen LogP contribution in [0.1, 0.15) is 10.4 Å². The van der Waals surface area contributed by atoms with Gasteiger partial charge in [-0.25, -0.2) is 4.39 Å². The third-order valence-corrected chi connectivity index (χ3v) is 3.48. The van der Waals surface area contributed by atoms with Crippen molar-refractivity contribution < 1.29 is 9.18 Å². The van der Waals surface area contributed by atoms with Gasteiger partial charge in [0.15, 0.2) is 0 Å². The van der Waals surface area contributed by atoms with E-state index < -0.39 is 11.7 Å². The van der Waals surface area contributed by atoms with Crippen molar-refractivity contribution >= 4 is 43.5 Å². The van der Waals surface area contributed by atoms with Crippen LogP contribution in [0.3, 0.4) is 0 Å². The molecule has 0 atom stereocenters. The van der Waals surface area contributed by atoms with Gasteiger partial charge in [-0.15, -0.1) is 0 Å². The zero-order valence-corrected chi connectivity index (χ0v) is 12.3. The molecule has 0 saturated heterocycles. The molecule has 0 aliphatic rings. The molecule has 2 aromatic rings. The summed E-state index contributed by atoms with van der Waals surface area (Å²) in [5, 5.41) is 2.65. The molecule has 0 bridgehead atoms. The highest BCUT2D eigenvalue weighted by Crippen LogP contribution is 2.23. The lowest BCUT2D eigenvalue weighted by Gasteiger charge is -2.08. The van der Waals surface area contributed by atoms with Gasteiger partial charge in [-0.2, -0.15) is 0 Å². The first-order valence-corrected chi connectivity index (χ1v) is 6.67. The second-order valence-electron chi connectivity index (χ2n) is 3.56. The van der Waals surface area contributed by atoms with Crippen LogP contribution >= 0.6 is 31.9 Å². The SMILES string of the molecule is O=C(Nc1ccccc1Br)c1cc(Br)ccc1F. The molecule has 2 rings (SSSR count). The topological polar surface area (TPSA) is 29.1 Å². The van der Waals surface area contributed by atoms with Crippen LogP contribution in [0.5, 0.6) is 0 Å². The van der Waals surface area contributed by atoms with Crippen molar-refractivity contribution in [3.05, 3.63) is 62.8 Å². The summed E-state index contributed by atoms with van der Waals surface area (Å²) in [7, 11) is 0. The van der Waals surface area contributed by atoms with Gasteiger partial charge < -0.3 is 5.32 Å². The van der Waals surface area contributed by atoms with Gasteiger partial charge in [0.1, 0.15) is 5.82 Å². The first kappa shape index (κ1) is 13.2. The summed E-state index contributed by atoms with van der Waals surface area (Å²) in [4.78, 5) is 11.9. The molecule has 1 N–H and O–H groups in total. The summed E-state index contributed by atoms with van der Waals surface area (Å²) >= 11 is 6.52. The average Bonchev–Trinajstić information content (AvgIpc) is 2.35. The number of carbonyl (C=O) groups excluding carboxylic acids is 1. The molecule has 0 saturated carbocycles. The molecule has 18 heavy (non-hydrogen) atoms. The van der Waals surface area contributed by atoms with E-state index in [1.807, 2.05) is 6.07 Å². The van der Waals surface area contributed by atoms with Crippen LogP contribution in [0, 0.1) is 5.82 Å². The highest BCUT2D eigenvalue weighted by atomic mass is 79.9. The summed E-state index contributed by atoms with van der Waals surface area (Å²) in [6.07, 6.45) is 0. The Morgan fingerprint density at radius 3 is 2.56 bits per heavy atom. The van der Waals surface area contributed by atoms with Gasteiger partial charge in [-0.3, -0.25) is 4.79 Å². The van der Waals surface area contributed by atoms with E-state index in [1.165, 1.54) is 12.1 Å². The van der Waals surface area contributed by atoms with Crippen molar-refractivity contribution in [2.75, 3.05) is 5.32 Å². The van der Waals surface area contributed by atoms with E-state index in [1.54, 1.807) is 24.3 Å². The first-order valence-electron chi connectivity index (χ1n) is 5.09. The fourth-order valence-electron chi connectivity index (χ4n) is 1.42. The van der Waals surface area contributed by atoms with Crippen molar-refractivity contribution in [3.8, 4) is 0 Å². The lowest BCUT2D eigenvalue weighted by atomic mass is 10.2. The Labute approximate surface area is 120 Å². The molecule has 0 radical (unpaired) electrons. The van der Waals surface area contributed by atoms with Crippen molar-refractivity contribution in [1.82, 2.24) is 0 Å². The average molecular weight is 373 g/mol. The van der Waals surface area contributed by atoms with Gasteiger partial charge in [-0.05, 0) is 46.3 Å². The Kier molecular flexibility index (Phi) is 4.14. The number of anilines is 1. The Morgan fingerprint density at radius 1 is 1.11 bits per heavy atom. The minimum atomic E-state index is -0.553. The molecule has 0 aliphatic heterocycles. The number of hydrogen-bond donors (Lipinski definition) is 1. The zero-order chi connectivity index (χ0) is 13.1. The van der Waals surface area contributed by atoms with Crippen LogP contribution in [0.15, 0.2) is 51.4 Å². The highest BCUT2D eigenvalue weighted by molar-refractivity contribution is 9.10. The second-order valence-corrected chi connectivity index (χ2v) is 5.33. The summed E-state index contributed by atoms with van der Waals surface area (Å²) < 4.78 is 14.9. The maximum atomic E-state index is 13.5. The number of hydrogen-bond acceptors (Lipinski definition) is 1. The standard InChI is InChI=1S/C13H8Br2FNO/c14-8-5-6-11(16)9(7-8)13(18)17-12-4-2-1-3-10(12)15/h1-7H,(H,17,18). The van der Waals surface area contributed by atoms with Crippen molar-refractivity contribution in [1.29, 1.82) is 0 Å². The Balaban J connectivity index is 2.28. The molecule has 0 aliphatic carbocycles. The predicted molar refractivity (Wildman–Crippen MR) is 76.2 cm³/mol. The zero-order valence-electron chi connectivity index (χ0n) is 9.08. The van der Waals surface area contributed by atoms with Gasteiger partial charge in [0, 0.05) is 8.95 Å². The number of amides is 1. The van der Waals surface area contributed by atoms with Crippen LogP contribution in [0.25, 0.3) is 0 Å². The molecule has 0 unspecified atom stereocenters. The largest absolute Gasteiger partial charge is 0.321 e. The van der Waals surface area contributed by atoms with Crippen LogP contribution < -0.4 is 5.32 Å². The van der Waals surface area contributed by atoms with Gasteiger partial charge in [0.25, 0.3) is 5.91 Å². The number of para-hydroxylation sites is 1. The van der Waals surface area contributed by atoms with Gasteiger partial charge >= 0.3 is 0 Å². The van der Waals surface area contributed by atoms with Crippen LogP contribution in [0.4, 0.5) is 10.1 Å². The quantitative estimate of drug-likeness (QED) is 0.819. The number of halogens is 3. The molecule has 1 amide bonds. The van der Waals surface area contributed by atoms with Gasteiger partial charge in [0.05, 0.1) is 11.3 Å². The molecule has 0 heterocycles. The molecule has 0 spiro atoms. The summed E-state index contributed by atoms with van der Waals surface area (Å²) in [6, 6.07) is 11.4. The lowest BCUT2D eigenvalue weighted by Crippen LogP contribution is -2.14. The number of rotatable bonds is 2. The molecule has 2 aromatic carbocycles. The monoisotopic (exact) mass is 371 g/mol. The van der Waals surface area contributed by atoms with E-state index >= 15 is 0 Å². The number of benzene rings is 2. The number of carbonyl (C=O) groups is 1. The Morgan fingerprint density at radius 2 is 1.83 bits per heavy atom. The maximum absolute atomic E-state index is 13.5. The normalized spacial score (nSPS) is 10.2. The molecular weight excluding hydrogens is 365 g/mol. The summed E-state index contributed by atoms with van der Waals surface area (Å²) in [5.74, 6) is -1.04. The third kappa shape index (κ3) is 2.97. The molecule has 2 nitrogen and oxygen atoms in total. The molecule has 92 valence electrons. The van der Waals surface area contributed by atoms with E-state index in [9.17, 15) is 9.18 Å². The number of nitrogens with one attached hydrogen (secondary N) is 1. The molecule has 0 aromatic heterocycles. The Hall–Kier alpha value is -1.20. The Bertz CT molecular complexity index is 601. The van der Waals surface area contributed by atoms with E-state index in [2.05, 4.69) is 37.2 Å². The van der Waals surface area contributed by atoms with E-state index in [0.29, 0.717) is 10.2 Å². The maximum Gasteiger partial charge on any atom is 0.258 e. The van der Waals surface area contributed by atoms with Crippen LogP contribution in [0.2, 0.25) is 0 Å². The third-order valence-electron chi connectivity index (χ3n) is 2.30. The lowest BCUT2D eigenvalue weighted by molar-refractivity contribution is 0.102. The first-order chi connectivity index (χ1) is 8.58. The van der Waals surface area contributed by atoms with Crippen molar-refractivity contribution in [2.45, 2.75) is 0 Å². The minimum absolute atomic E-state index is 0.000119. The van der Waals surface area contributed by atoms with E-state index in [-0.39, 0.29) is 5.56 Å². The van der Waals surface area contributed by atoms with Crippen LogP contribution in [-0.4, -0.2) is 5.91 Å². The predicted octanol–water partition coefficient (Wildman–Crippen LogP) is 4.60. The molecule has 0 fully saturated rings. The molecule has 5 heteroatoms. The van der Waals surface area contributed by atoms with Gasteiger partial charge in [0.2, 0.25) is 0 Å². The summed E-state index contributed by atoms with van der Waals surface area (Å²) in [5.41, 5.74) is 0.599. The van der Waals surface area contributed by atoms with Crippen LogP contribution in [-0.2, 0) is 0 Å². The summed E-state index contributed by atoms with van der Waals surface area (Å²) in [6.45, 7) is 0. The van der Waals surface area contributed by atoms with E-state index in [0.717, 1.165) is 4.47 Å². The van der Waals surface area contributed by atoms with Gasteiger partial charge in [-0.1, -0.05) is 28.1 Å². The fraction of sp³-hybridized carbons (Fsp3) is 0. The highest BCUT2D eigenvalue weighted by Gasteiger charge is 2.13. The van der Waals surface area contributed by atoms with Crippen molar-refractivity contribution in [3.63, 3.8) is 0 Å². The second kappa shape index (κ2) is 5.63.